The Balaban J connectivity index is 2.07. The predicted octanol–water partition coefficient (Wildman–Crippen LogP) is 4.35. The molecule has 0 heterocycles. The largest absolute Gasteiger partial charge is 0.324 e. The second kappa shape index (κ2) is 6.78. The van der Waals surface area contributed by atoms with Crippen LogP contribution in [0.15, 0.2) is 53.4 Å². The molecule has 0 radical (unpaired) electrons. The Morgan fingerprint density at radius 2 is 1.74 bits per heavy atom. The van der Waals surface area contributed by atoms with Crippen molar-refractivity contribution in [2.75, 3.05) is 5.75 Å². The van der Waals surface area contributed by atoms with Crippen LogP contribution in [-0.4, -0.2) is 5.75 Å². The number of hydrogen-bond acceptors (Lipinski definition) is 2. The third-order valence-corrected chi connectivity index (χ3v) is 4.21. The van der Waals surface area contributed by atoms with Gasteiger partial charge in [-0.15, -0.1) is 11.8 Å². The van der Waals surface area contributed by atoms with Crippen molar-refractivity contribution in [1.29, 1.82) is 0 Å². The van der Waals surface area contributed by atoms with E-state index < -0.39 is 0 Å². The van der Waals surface area contributed by atoms with Gasteiger partial charge in [-0.25, -0.2) is 0 Å². The first kappa shape index (κ1) is 14.2. The summed E-state index contributed by atoms with van der Waals surface area (Å²) in [5.41, 5.74) is 10.2. The van der Waals surface area contributed by atoms with Gasteiger partial charge in [-0.1, -0.05) is 43.3 Å². The maximum atomic E-state index is 6.31. The fourth-order valence-electron chi connectivity index (χ4n) is 2.17. The number of aryl methyl sites for hydroxylation is 1. The Morgan fingerprint density at radius 1 is 1.05 bits per heavy atom. The molecule has 100 valence electrons. The van der Waals surface area contributed by atoms with E-state index in [1.165, 1.54) is 21.6 Å². The highest BCUT2D eigenvalue weighted by atomic mass is 32.2. The van der Waals surface area contributed by atoms with E-state index in [-0.39, 0.29) is 6.04 Å². The molecule has 0 aliphatic heterocycles. The molecule has 1 atom stereocenters. The minimum absolute atomic E-state index is 0.0711. The number of rotatable bonds is 5. The third-order valence-electron chi connectivity index (χ3n) is 3.32. The Bertz CT molecular complexity index is 519. The fourth-order valence-corrected chi connectivity index (χ4v) is 2.83. The molecule has 2 rings (SSSR count). The average Bonchev–Trinajstić information content (AvgIpc) is 2.42. The highest BCUT2D eigenvalue weighted by molar-refractivity contribution is 7.99. The lowest BCUT2D eigenvalue weighted by molar-refractivity contribution is 0.718. The number of thioether (sulfide) groups is 1. The van der Waals surface area contributed by atoms with Crippen molar-refractivity contribution >= 4 is 11.8 Å². The lowest BCUT2D eigenvalue weighted by Gasteiger charge is -2.14. The summed E-state index contributed by atoms with van der Waals surface area (Å²) in [6.07, 6.45) is 0.896. The zero-order valence-electron chi connectivity index (χ0n) is 11.6. The smallest absolute Gasteiger partial charge is 0.0335 e. The van der Waals surface area contributed by atoms with E-state index in [4.69, 9.17) is 5.73 Å². The van der Waals surface area contributed by atoms with E-state index in [9.17, 15) is 0 Å². The van der Waals surface area contributed by atoms with Gasteiger partial charge in [-0.3, -0.25) is 0 Å². The summed E-state index contributed by atoms with van der Waals surface area (Å²) in [7, 11) is 0. The van der Waals surface area contributed by atoms with Crippen molar-refractivity contribution in [3.63, 3.8) is 0 Å². The molecule has 19 heavy (non-hydrogen) atoms. The monoisotopic (exact) mass is 271 g/mol. The molecule has 0 spiro atoms. The first-order chi connectivity index (χ1) is 9.20. The maximum absolute atomic E-state index is 6.31. The molecule has 0 saturated carbocycles. The van der Waals surface area contributed by atoms with Gasteiger partial charge in [-0.05, 0) is 47.9 Å². The second-order valence-electron chi connectivity index (χ2n) is 4.74. The van der Waals surface area contributed by atoms with Crippen molar-refractivity contribution < 1.29 is 0 Å². The summed E-state index contributed by atoms with van der Waals surface area (Å²) in [4.78, 5) is 1.31. The van der Waals surface area contributed by atoms with Crippen molar-refractivity contribution in [3.05, 3.63) is 65.2 Å². The zero-order chi connectivity index (χ0) is 13.7. The van der Waals surface area contributed by atoms with Crippen LogP contribution in [0.2, 0.25) is 0 Å². The van der Waals surface area contributed by atoms with Crippen molar-refractivity contribution in [2.24, 2.45) is 5.73 Å². The summed E-state index contributed by atoms with van der Waals surface area (Å²) in [6.45, 7) is 4.31. The summed E-state index contributed by atoms with van der Waals surface area (Å²) in [6, 6.07) is 17.2. The topological polar surface area (TPSA) is 26.0 Å². The van der Waals surface area contributed by atoms with E-state index in [0.717, 1.165) is 12.2 Å². The SMILES string of the molecule is CCSc1ccc(C(N)Cc2ccccc2C)cc1. The maximum Gasteiger partial charge on any atom is 0.0335 e. The summed E-state index contributed by atoms with van der Waals surface area (Å²) < 4.78 is 0. The quantitative estimate of drug-likeness (QED) is 0.818. The lowest BCUT2D eigenvalue weighted by atomic mass is 9.97. The third kappa shape index (κ3) is 3.85. The van der Waals surface area contributed by atoms with Gasteiger partial charge < -0.3 is 5.73 Å². The van der Waals surface area contributed by atoms with Crippen LogP contribution in [0.25, 0.3) is 0 Å². The minimum atomic E-state index is 0.0711. The van der Waals surface area contributed by atoms with E-state index in [1.807, 2.05) is 11.8 Å². The lowest BCUT2D eigenvalue weighted by Crippen LogP contribution is -2.13. The van der Waals surface area contributed by atoms with Crippen molar-refractivity contribution in [1.82, 2.24) is 0 Å². The van der Waals surface area contributed by atoms with Gasteiger partial charge in [0.05, 0.1) is 0 Å². The first-order valence-corrected chi connectivity index (χ1v) is 7.72. The minimum Gasteiger partial charge on any atom is -0.324 e. The van der Waals surface area contributed by atoms with Gasteiger partial charge in [0, 0.05) is 10.9 Å². The van der Waals surface area contributed by atoms with Crippen LogP contribution in [0.5, 0.6) is 0 Å². The molecule has 0 amide bonds. The Kier molecular flexibility index (Phi) is 5.06. The van der Waals surface area contributed by atoms with Gasteiger partial charge >= 0.3 is 0 Å². The van der Waals surface area contributed by atoms with Gasteiger partial charge in [0.15, 0.2) is 0 Å². The highest BCUT2D eigenvalue weighted by Crippen LogP contribution is 2.22. The molecular formula is C17H21NS. The van der Waals surface area contributed by atoms with Gasteiger partial charge in [0.2, 0.25) is 0 Å². The molecule has 0 aliphatic carbocycles. The molecule has 0 saturated heterocycles. The van der Waals surface area contributed by atoms with Crippen LogP contribution in [0.3, 0.4) is 0 Å². The molecule has 2 heteroatoms. The first-order valence-electron chi connectivity index (χ1n) is 6.73. The normalized spacial score (nSPS) is 12.4. The molecule has 2 aromatic carbocycles. The van der Waals surface area contributed by atoms with Crippen LogP contribution in [0, 0.1) is 6.92 Å². The van der Waals surface area contributed by atoms with E-state index in [1.54, 1.807) is 0 Å². The Morgan fingerprint density at radius 3 is 2.37 bits per heavy atom. The molecule has 1 nitrogen and oxygen atoms in total. The van der Waals surface area contributed by atoms with Crippen molar-refractivity contribution in [3.8, 4) is 0 Å². The summed E-state index contributed by atoms with van der Waals surface area (Å²) >= 11 is 1.86. The summed E-state index contributed by atoms with van der Waals surface area (Å²) in [5, 5.41) is 0. The number of benzene rings is 2. The number of hydrogen-bond donors (Lipinski definition) is 1. The summed E-state index contributed by atoms with van der Waals surface area (Å²) in [5.74, 6) is 1.11. The van der Waals surface area contributed by atoms with Gasteiger partial charge in [0.25, 0.3) is 0 Å². The van der Waals surface area contributed by atoms with Crippen LogP contribution in [0.4, 0.5) is 0 Å². The second-order valence-corrected chi connectivity index (χ2v) is 6.08. The molecule has 0 bridgehead atoms. The molecule has 2 N–H and O–H groups in total. The van der Waals surface area contributed by atoms with Crippen LogP contribution in [-0.2, 0) is 6.42 Å². The zero-order valence-corrected chi connectivity index (χ0v) is 12.4. The van der Waals surface area contributed by atoms with Crippen LogP contribution >= 0.6 is 11.8 Å². The van der Waals surface area contributed by atoms with Crippen LogP contribution < -0.4 is 5.73 Å². The molecule has 0 aliphatic rings. The predicted molar refractivity (Wildman–Crippen MR) is 84.7 cm³/mol. The highest BCUT2D eigenvalue weighted by Gasteiger charge is 2.08. The molecule has 0 aromatic heterocycles. The molecular weight excluding hydrogens is 250 g/mol. The Hall–Kier alpha value is -1.25. The molecule has 0 fully saturated rings. The van der Waals surface area contributed by atoms with Gasteiger partial charge in [-0.2, -0.15) is 0 Å². The van der Waals surface area contributed by atoms with E-state index in [0.29, 0.717) is 0 Å². The Labute approximate surface area is 120 Å². The van der Waals surface area contributed by atoms with Crippen molar-refractivity contribution in [2.45, 2.75) is 31.2 Å². The standard InChI is InChI=1S/C17H21NS/c1-3-19-16-10-8-14(9-11-16)17(18)12-15-7-5-4-6-13(15)2/h4-11,17H,3,12,18H2,1-2H3. The molecule has 2 aromatic rings. The number of nitrogens with two attached hydrogens (primary N) is 1. The van der Waals surface area contributed by atoms with E-state index in [2.05, 4.69) is 62.4 Å². The molecule has 1 unspecified atom stereocenters. The van der Waals surface area contributed by atoms with Crippen LogP contribution in [0.1, 0.15) is 29.7 Å². The van der Waals surface area contributed by atoms with E-state index >= 15 is 0 Å². The fraction of sp³-hybridized carbons (Fsp3) is 0.294. The van der Waals surface area contributed by atoms with Gasteiger partial charge in [0.1, 0.15) is 0 Å². The average molecular weight is 271 g/mol.